The molecule has 150 valence electrons. The maximum Gasteiger partial charge on any atom is 0.329 e. The minimum Gasteiger partial charge on any atom is -0.467 e. The minimum absolute atomic E-state index is 0.103. The van der Waals surface area contributed by atoms with Gasteiger partial charge < -0.3 is 9.73 Å². The third-order valence-corrected chi connectivity index (χ3v) is 4.57. The van der Waals surface area contributed by atoms with Crippen molar-refractivity contribution in [1.29, 1.82) is 0 Å². The fourth-order valence-corrected chi connectivity index (χ4v) is 2.86. The van der Waals surface area contributed by atoms with Gasteiger partial charge in [-0.25, -0.2) is 10.1 Å². The predicted molar refractivity (Wildman–Crippen MR) is 109 cm³/mol. The van der Waals surface area contributed by atoms with Crippen LogP contribution in [0.15, 0.2) is 52.2 Å². The van der Waals surface area contributed by atoms with Gasteiger partial charge in [0.05, 0.1) is 36.8 Å². The summed E-state index contributed by atoms with van der Waals surface area (Å²) >= 11 is 12.3. The number of rotatable bonds is 6. The highest BCUT2D eigenvalue weighted by atomic mass is 35.5. The fraction of sp³-hybridized carbons (Fsp3) is 0.158. The Morgan fingerprint density at radius 3 is 2.66 bits per heavy atom. The van der Waals surface area contributed by atoms with Crippen molar-refractivity contribution in [2.45, 2.75) is 20.0 Å². The van der Waals surface area contributed by atoms with Gasteiger partial charge in [-0.2, -0.15) is 10.2 Å². The summed E-state index contributed by atoms with van der Waals surface area (Å²) in [6.45, 7) is 2.32. The van der Waals surface area contributed by atoms with Crippen LogP contribution in [0.25, 0.3) is 0 Å². The van der Waals surface area contributed by atoms with Crippen molar-refractivity contribution in [3.05, 3.63) is 75.4 Å². The van der Waals surface area contributed by atoms with E-state index in [-0.39, 0.29) is 6.54 Å². The first kappa shape index (κ1) is 20.6. The Morgan fingerprint density at radius 2 is 1.97 bits per heavy atom. The number of nitrogens with one attached hydrogen (secondary N) is 2. The largest absolute Gasteiger partial charge is 0.467 e. The first-order valence-electron chi connectivity index (χ1n) is 8.55. The normalized spacial score (nSPS) is 11.0. The summed E-state index contributed by atoms with van der Waals surface area (Å²) < 4.78 is 6.68. The second kappa shape index (κ2) is 9.40. The van der Waals surface area contributed by atoms with Crippen LogP contribution in [-0.4, -0.2) is 27.8 Å². The average Bonchev–Trinajstić information content (AvgIpc) is 3.31. The molecule has 1 aromatic carbocycles. The topological polar surface area (TPSA) is 102 Å². The number of benzene rings is 1. The molecule has 8 nitrogen and oxygen atoms in total. The Kier molecular flexibility index (Phi) is 6.69. The molecule has 0 aliphatic carbocycles. The molecule has 0 atom stereocenters. The van der Waals surface area contributed by atoms with Gasteiger partial charge in [-0.1, -0.05) is 35.3 Å². The standard InChI is InChI=1S/C19H17Cl2N5O3/c1-12-16(17(21)26(25-12)11-13-4-6-14(20)7-5-13)10-23-24-19(28)18(27)22-9-15-3-2-8-29-15/h2-8,10H,9,11H2,1H3,(H,22,27)(H,24,28)/b23-10+. The summed E-state index contributed by atoms with van der Waals surface area (Å²) in [5.41, 5.74) is 4.30. The molecule has 2 aromatic heterocycles. The lowest BCUT2D eigenvalue weighted by Gasteiger charge is -2.04. The molecule has 0 spiro atoms. The molecule has 0 radical (unpaired) electrons. The van der Waals surface area contributed by atoms with Crippen LogP contribution < -0.4 is 10.7 Å². The number of carbonyl (C=O) groups is 2. The van der Waals surface area contributed by atoms with Gasteiger partial charge in [-0.05, 0) is 36.8 Å². The van der Waals surface area contributed by atoms with Gasteiger partial charge in [-0.15, -0.1) is 0 Å². The number of carbonyl (C=O) groups excluding carboxylic acids is 2. The van der Waals surface area contributed by atoms with Gasteiger partial charge in [0.15, 0.2) is 0 Å². The van der Waals surface area contributed by atoms with Crippen LogP contribution in [0.2, 0.25) is 10.2 Å². The lowest BCUT2D eigenvalue weighted by molar-refractivity contribution is -0.139. The van der Waals surface area contributed by atoms with Gasteiger partial charge in [0.2, 0.25) is 0 Å². The van der Waals surface area contributed by atoms with Crippen molar-refractivity contribution in [2.75, 3.05) is 0 Å². The molecule has 2 heterocycles. The van der Waals surface area contributed by atoms with Crippen LogP contribution in [0, 0.1) is 6.92 Å². The molecule has 10 heteroatoms. The van der Waals surface area contributed by atoms with Crippen molar-refractivity contribution in [2.24, 2.45) is 5.10 Å². The van der Waals surface area contributed by atoms with E-state index in [0.717, 1.165) is 5.56 Å². The van der Waals surface area contributed by atoms with Crippen LogP contribution in [0.5, 0.6) is 0 Å². The smallest absolute Gasteiger partial charge is 0.329 e. The van der Waals surface area contributed by atoms with Gasteiger partial charge in [0, 0.05) is 5.02 Å². The second-order valence-corrected chi connectivity index (χ2v) is 6.83. The number of aryl methyl sites for hydroxylation is 1. The molecular weight excluding hydrogens is 417 g/mol. The first-order chi connectivity index (χ1) is 13.9. The third-order valence-electron chi connectivity index (χ3n) is 3.92. The number of amides is 2. The van der Waals surface area contributed by atoms with Gasteiger partial charge in [-0.3, -0.25) is 9.59 Å². The van der Waals surface area contributed by atoms with E-state index in [9.17, 15) is 9.59 Å². The molecular formula is C19H17Cl2N5O3. The molecule has 0 saturated heterocycles. The Balaban J connectivity index is 1.58. The number of hydrogen-bond acceptors (Lipinski definition) is 5. The summed E-state index contributed by atoms with van der Waals surface area (Å²) in [6, 6.07) is 10.7. The zero-order valence-corrected chi connectivity index (χ0v) is 16.9. The van der Waals surface area contributed by atoms with E-state index in [0.29, 0.717) is 33.7 Å². The summed E-state index contributed by atoms with van der Waals surface area (Å²) in [6.07, 6.45) is 2.83. The van der Waals surface area contributed by atoms with Crippen LogP contribution in [-0.2, 0) is 22.7 Å². The van der Waals surface area contributed by atoms with E-state index in [1.807, 2.05) is 12.1 Å². The molecule has 2 N–H and O–H groups in total. The fourth-order valence-electron chi connectivity index (χ4n) is 2.45. The SMILES string of the molecule is Cc1nn(Cc2ccc(Cl)cc2)c(Cl)c1/C=N/NC(=O)C(=O)NCc1ccco1. The molecule has 0 saturated carbocycles. The number of hydrogen-bond donors (Lipinski definition) is 2. The molecule has 0 aliphatic heterocycles. The molecule has 2 amide bonds. The van der Waals surface area contributed by atoms with Gasteiger partial charge in [0.25, 0.3) is 0 Å². The number of aromatic nitrogens is 2. The Labute approximate surface area is 176 Å². The zero-order valence-electron chi connectivity index (χ0n) is 15.4. The average molecular weight is 434 g/mol. The van der Waals surface area contributed by atoms with Crippen LogP contribution in [0.3, 0.4) is 0 Å². The molecule has 0 bridgehead atoms. The van der Waals surface area contributed by atoms with E-state index < -0.39 is 11.8 Å². The Morgan fingerprint density at radius 1 is 1.21 bits per heavy atom. The molecule has 0 unspecified atom stereocenters. The summed E-state index contributed by atoms with van der Waals surface area (Å²) in [7, 11) is 0. The summed E-state index contributed by atoms with van der Waals surface area (Å²) in [5, 5.41) is 11.6. The van der Waals surface area contributed by atoms with E-state index in [2.05, 4.69) is 20.9 Å². The van der Waals surface area contributed by atoms with Gasteiger partial charge in [0.1, 0.15) is 10.9 Å². The van der Waals surface area contributed by atoms with Crippen LogP contribution in [0.1, 0.15) is 22.6 Å². The Hall–Kier alpha value is -3.10. The Bertz CT molecular complexity index is 1030. The summed E-state index contributed by atoms with van der Waals surface area (Å²) in [4.78, 5) is 23.6. The van der Waals surface area contributed by atoms with Crippen molar-refractivity contribution in [3.8, 4) is 0 Å². The maximum atomic E-state index is 11.8. The molecule has 29 heavy (non-hydrogen) atoms. The van der Waals surface area contributed by atoms with Crippen LogP contribution >= 0.6 is 23.2 Å². The lowest BCUT2D eigenvalue weighted by Crippen LogP contribution is -2.37. The van der Waals surface area contributed by atoms with E-state index >= 15 is 0 Å². The van der Waals surface area contributed by atoms with Crippen LogP contribution in [0.4, 0.5) is 0 Å². The van der Waals surface area contributed by atoms with Crippen molar-refractivity contribution >= 4 is 41.2 Å². The second-order valence-electron chi connectivity index (χ2n) is 6.04. The maximum absolute atomic E-state index is 11.8. The third kappa shape index (κ3) is 5.46. The number of furan rings is 1. The number of nitrogens with zero attached hydrogens (tertiary/aromatic N) is 3. The van der Waals surface area contributed by atoms with Crippen molar-refractivity contribution in [3.63, 3.8) is 0 Å². The first-order valence-corrected chi connectivity index (χ1v) is 9.30. The lowest BCUT2D eigenvalue weighted by atomic mass is 10.2. The highest BCUT2D eigenvalue weighted by molar-refractivity contribution is 6.35. The van der Waals surface area contributed by atoms with E-state index in [1.54, 1.807) is 35.9 Å². The molecule has 3 rings (SSSR count). The van der Waals surface area contributed by atoms with Crippen molar-refractivity contribution in [1.82, 2.24) is 20.5 Å². The van der Waals surface area contributed by atoms with E-state index in [1.165, 1.54) is 12.5 Å². The quantitative estimate of drug-likeness (QED) is 0.354. The number of hydrazone groups is 1. The highest BCUT2D eigenvalue weighted by Crippen LogP contribution is 2.19. The van der Waals surface area contributed by atoms with Gasteiger partial charge >= 0.3 is 11.8 Å². The zero-order chi connectivity index (χ0) is 20.8. The van der Waals surface area contributed by atoms with Crippen molar-refractivity contribution < 1.29 is 14.0 Å². The number of halogens is 2. The molecule has 3 aromatic rings. The monoisotopic (exact) mass is 433 g/mol. The van der Waals surface area contributed by atoms with E-state index in [4.69, 9.17) is 27.6 Å². The summed E-state index contributed by atoms with van der Waals surface area (Å²) in [5.74, 6) is -1.21. The predicted octanol–water partition coefficient (Wildman–Crippen LogP) is 2.91. The molecule has 0 aliphatic rings. The minimum atomic E-state index is -0.907. The molecule has 0 fully saturated rings. The highest BCUT2D eigenvalue weighted by Gasteiger charge is 2.14.